The Kier molecular flexibility index (Phi) is 14.0. The van der Waals surface area contributed by atoms with Gasteiger partial charge in [-0.25, -0.2) is 0 Å². The molecule has 11 nitrogen and oxygen atoms in total. The standard InChI is InChI=1S/C19H36BNO4.C11H23BN2O4/c1-17(2)18(3,4)25-20(24-17)13-9-11-15-10-8-12-19(15,14-21(5)6)16(22)23-7;1-14(2)8-11(10(15)16)9(5-7-13-11)4-3-6-12(17)18/h15H,8-14H2,1-7H3;9,13,17-18H,3-8H2,1-2H3,(H,15,16)/t15-,19+;9-,11+/m01/s1. The van der Waals surface area contributed by atoms with Crippen molar-refractivity contribution in [2.45, 2.75) is 108 Å². The van der Waals surface area contributed by atoms with Crippen molar-refractivity contribution < 1.29 is 38.8 Å². The van der Waals surface area contributed by atoms with Crippen LogP contribution in [0.15, 0.2) is 0 Å². The van der Waals surface area contributed by atoms with Crippen LogP contribution in [-0.4, -0.2) is 123 Å². The van der Waals surface area contributed by atoms with Crippen LogP contribution in [0, 0.1) is 17.3 Å². The Hall–Kier alpha value is -1.21. The van der Waals surface area contributed by atoms with E-state index in [1.165, 1.54) is 7.11 Å². The summed E-state index contributed by atoms with van der Waals surface area (Å²) in [5, 5.41) is 30.3. The molecule has 13 heteroatoms. The van der Waals surface area contributed by atoms with Crippen LogP contribution in [0.25, 0.3) is 0 Å². The van der Waals surface area contributed by atoms with Gasteiger partial charge in [0, 0.05) is 13.1 Å². The van der Waals surface area contributed by atoms with E-state index in [2.05, 4.69) is 37.9 Å². The number of carbonyl (C=O) groups is 2. The minimum absolute atomic E-state index is 0.0381. The van der Waals surface area contributed by atoms with Crippen molar-refractivity contribution >= 4 is 26.2 Å². The molecule has 2 heterocycles. The third-order valence-electron chi connectivity index (χ3n) is 10.0. The molecule has 0 amide bonds. The quantitative estimate of drug-likeness (QED) is 0.170. The summed E-state index contributed by atoms with van der Waals surface area (Å²) in [4.78, 5) is 28.1. The van der Waals surface area contributed by atoms with Gasteiger partial charge in [-0.1, -0.05) is 19.3 Å². The Morgan fingerprint density at radius 2 is 1.53 bits per heavy atom. The normalized spacial score (nSPS) is 29.6. The second-order valence-electron chi connectivity index (χ2n) is 14.4. The summed E-state index contributed by atoms with van der Waals surface area (Å²) < 4.78 is 17.4. The highest BCUT2D eigenvalue weighted by atomic mass is 16.7. The van der Waals surface area contributed by atoms with E-state index in [-0.39, 0.29) is 35.6 Å². The number of carboxylic acid groups (broad SMARTS) is 1. The van der Waals surface area contributed by atoms with E-state index < -0.39 is 18.6 Å². The highest BCUT2D eigenvalue weighted by molar-refractivity contribution is 6.45. The largest absolute Gasteiger partial charge is 0.480 e. The highest BCUT2D eigenvalue weighted by Crippen LogP contribution is 2.48. The molecule has 0 unspecified atom stereocenters. The van der Waals surface area contributed by atoms with Crippen LogP contribution < -0.4 is 5.32 Å². The number of carbonyl (C=O) groups excluding carboxylic acids is 1. The van der Waals surface area contributed by atoms with E-state index in [1.54, 1.807) is 0 Å². The van der Waals surface area contributed by atoms with Crippen molar-refractivity contribution in [3.8, 4) is 0 Å². The number of carboxylic acids is 1. The second-order valence-corrected chi connectivity index (χ2v) is 14.4. The average Bonchev–Trinajstić information content (AvgIpc) is 3.53. The Balaban J connectivity index is 0.000000317. The van der Waals surface area contributed by atoms with E-state index >= 15 is 0 Å². The first-order chi connectivity index (χ1) is 19.9. The Morgan fingerprint density at radius 3 is 2.05 bits per heavy atom. The van der Waals surface area contributed by atoms with Gasteiger partial charge in [0.25, 0.3) is 0 Å². The van der Waals surface area contributed by atoms with Gasteiger partial charge in [0.05, 0.1) is 23.7 Å². The zero-order chi connectivity index (χ0) is 32.6. The zero-order valence-corrected chi connectivity index (χ0v) is 28.3. The average molecular weight is 611 g/mol. The molecule has 0 radical (unpaired) electrons. The van der Waals surface area contributed by atoms with E-state index in [0.717, 1.165) is 51.4 Å². The van der Waals surface area contributed by atoms with E-state index in [4.69, 9.17) is 24.1 Å². The molecule has 43 heavy (non-hydrogen) atoms. The van der Waals surface area contributed by atoms with Crippen molar-refractivity contribution in [1.29, 1.82) is 0 Å². The first kappa shape index (κ1) is 38.0. The van der Waals surface area contributed by atoms with Gasteiger partial charge in [-0.05, 0) is 119 Å². The number of methoxy groups -OCH3 is 1. The number of ether oxygens (including phenoxy) is 1. The predicted octanol–water partition coefficient (Wildman–Crippen LogP) is 2.61. The molecule has 1 aliphatic carbocycles. The number of esters is 1. The zero-order valence-electron chi connectivity index (χ0n) is 28.3. The van der Waals surface area contributed by atoms with Crippen molar-refractivity contribution in [2.75, 3.05) is 54.9 Å². The molecule has 3 rings (SSSR count). The summed E-state index contributed by atoms with van der Waals surface area (Å²) in [7, 11) is 7.85. The van der Waals surface area contributed by atoms with Crippen molar-refractivity contribution in [3.05, 3.63) is 0 Å². The lowest BCUT2D eigenvalue weighted by molar-refractivity contribution is -0.156. The summed E-state index contributed by atoms with van der Waals surface area (Å²) in [6.07, 6.45) is 8.49. The van der Waals surface area contributed by atoms with Gasteiger partial charge >= 0.3 is 26.2 Å². The number of hydrogen-bond acceptors (Lipinski definition) is 10. The summed E-state index contributed by atoms with van der Waals surface area (Å²) in [5.41, 5.74) is -1.80. The molecule has 1 saturated carbocycles. The molecule has 0 aromatic rings. The lowest BCUT2D eigenvalue weighted by atomic mass is 9.73. The minimum Gasteiger partial charge on any atom is -0.480 e. The Bertz CT molecular complexity index is 891. The van der Waals surface area contributed by atoms with Crippen LogP contribution in [0.5, 0.6) is 0 Å². The Morgan fingerprint density at radius 1 is 0.953 bits per heavy atom. The molecule has 3 fully saturated rings. The van der Waals surface area contributed by atoms with E-state index in [9.17, 15) is 14.7 Å². The van der Waals surface area contributed by atoms with Crippen LogP contribution in [0.3, 0.4) is 0 Å². The first-order valence-electron chi connectivity index (χ1n) is 16.0. The fraction of sp³-hybridized carbons (Fsp3) is 0.933. The van der Waals surface area contributed by atoms with Crippen LogP contribution in [0.1, 0.15) is 79.1 Å². The lowest BCUT2D eigenvalue weighted by Gasteiger charge is -2.35. The Labute approximate surface area is 260 Å². The smallest absolute Gasteiger partial charge is 0.457 e. The lowest BCUT2D eigenvalue weighted by Crippen LogP contribution is -2.58. The van der Waals surface area contributed by atoms with Gasteiger partial charge in [0.15, 0.2) is 0 Å². The minimum atomic E-state index is -1.30. The summed E-state index contributed by atoms with van der Waals surface area (Å²) in [6.45, 7) is 10.3. The first-order valence-corrected chi connectivity index (χ1v) is 16.0. The monoisotopic (exact) mass is 611 g/mol. The van der Waals surface area contributed by atoms with Gasteiger partial charge in [-0.3, -0.25) is 9.59 Å². The van der Waals surface area contributed by atoms with Crippen LogP contribution in [0.4, 0.5) is 0 Å². The fourth-order valence-corrected chi connectivity index (χ4v) is 7.29. The molecule has 0 aromatic heterocycles. The number of nitrogens with one attached hydrogen (secondary N) is 1. The van der Waals surface area contributed by atoms with Gasteiger partial charge < -0.3 is 44.3 Å². The number of hydrogen-bond donors (Lipinski definition) is 4. The molecule has 0 bridgehead atoms. The second kappa shape index (κ2) is 15.9. The van der Waals surface area contributed by atoms with Crippen LogP contribution >= 0.6 is 0 Å². The molecule has 4 atom stereocenters. The summed E-state index contributed by atoms with van der Waals surface area (Å²) >= 11 is 0. The molecule has 0 spiro atoms. The summed E-state index contributed by atoms with van der Waals surface area (Å²) in [5.74, 6) is -0.441. The van der Waals surface area contributed by atoms with Gasteiger partial charge in [0.1, 0.15) is 5.54 Å². The van der Waals surface area contributed by atoms with E-state index in [1.807, 2.05) is 33.1 Å². The number of aliphatic carboxylic acids is 1. The molecular formula is C30H59B2N3O8. The van der Waals surface area contributed by atoms with Crippen LogP contribution in [0.2, 0.25) is 12.6 Å². The maximum Gasteiger partial charge on any atom is 0.457 e. The number of nitrogens with zero attached hydrogens (tertiary/aromatic N) is 2. The molecular weight excluding hydrogens is 552 g/mol. The SMILES string of the molecule is CN(C)C[C@]1(C(=O)O)NCC[C@H]1CCCB(O)O.COC(=O)[C@@]1(CN(C)C)CCC[C@H]1CCCB1OC(C)(C)C(C)(C)O1. The topological polar surface area (TPSA) is 141 Å². The number of likely N-dealkylation sites (N-methyl/N-ethyl adjacent to an activating group) is 1. The molecule has 3 aliphatic rings. The third kappa shape index (κ3) is 9.64. The van der Waals surface area contributed by atoms with E-state index in [0.29, 0.717) is 38.2 Å². The molecule has 0 aromatic carbocycles. The van der Waals surface area contributed by atoms with Crippen molar-refractivity contribution in [3.63, 3.8) is 0 Å². The molecule has 4 N–H and O–H groups in total. The van der Waals surface area contributed by atoms with Gasteiger partial charge in [0.2, 0.25) is 0 Å². The maximum absolute atomic E-state index is 12.6. The molecule has 2 saturated heterocycles. The van der Waals surface area contributed by atoms with Crippen molar-refractivity contribution in [2.24, 2.45) is 17.3 Å². The third-order valence-corrected chi connectivity index (χ3v) is 10.0. The summed E-state index contributed by atoms with van der Waals surface area (Å²) in [6, 6.07) is 0. The fourth-order valence-electron chi connectivity index (χ4n) is 7.29. The maximum atomic E-state index is 12.6. The van der Waals surface area contributed by atoms with Crippen LogP contribution in [-0.2, 0) is 23.6 Å². The molecule has 248 valence electrons. The predicted molar refractivity (Wildman–Crippen MR) is 170 cm³/mol. The van der Waals surface area contributed by atoms with Crippen molar-refractivity contribution in [1.82, 2.24) is 15.1 Å². The van der Waals surface area contributed by atoms with Gasteiger partial charge in [-0.2, -0.15) is 0 Å². The molecule has 2 aliphatic heterocycles. The van der Waals surface area contributed by atoms with Gasteiger partial charge in [-0.15, -0.1) is 0 Å². The number of rotatable bonds is 14. The highest BCUT2D eigenvalue weighted by Gasteiger charge is 2.52.